The molecule has 1 atom stereocenters. The predicted octanol–water partition coefficient (Wildman–Crippen LogP) is 2.90. The first-order valence-electron chi connectivity index (χ1n) is 6.80. The van der Waals surface area contributed by atoms with Crippen LogP contribution in [0.2, 0.25) is 0 Å². The van der Waals surface area contributed by atoms with Crippen LogP contribution in [0.15, 0.2) is 36.4 Å². The summed E-state index contributed by atoms with van der Waals surface area (Å²) in [5.41, 5.74) is 1.02. The highest BCUT2D eigenvalue weighted by molar-refractivity contribution is 5.98. The predicted molar refractivity (Wildman–Crippen MR) is 78.5 cm³/mol. The van der Waals surface area contributed by atoms with E-state index in [1.165, 1.54) is 0 Å². The topological polar surface area (TPSA) is 49.8 Å². The zero-order valence-corrected chi connectivity index (χ0v) is 11.4. The van der Waals surface area contributed by atoms with E-state index in [0.29, 0.717) is 13.2 Å². The molecule has 1 heterocycles. The van der Waals surface area contributed by atoms with Crippen LogP contribution in [0.1, 0.15) is 13.3 Å². The van der Waals surface area contributed by atoms with E-state index in [1.54, 1.807) is 0 Å². The Balaban J connectivity index is 2.09. The minimum atomic E-state index is -0.773. The lowest BCUT2D eigenvalue weighted by atomic mass is 10.0. The summed E-state index contributed by atoms with van der Waals surface area (Å²) in [6.45, 7) is 3.15. The highest BCUT2D eigenvalue weighted by Gasteiger charge is 2.26. The van der Waals surface area contributed by atoms with E-state index < -0.39 is 5.97 Å². The number of carboxylic acids is 1. The lowest BCUT2D eigenvalue weighted by molar-refractivity contribution is -0.136. The van der Waals surface area contributed by atoms with E-state index in [0.717, 1.165) is 22.2 Å². The zero-order valence-electron chi connectivity index (χ0n) is 11.4. The molecule has 20 heavy (non-hydrogen) atoms. The van der Waals surface area contributed by atoms with E-state index in [9.17, 15) is 4.79 Å². The number of rotatable bonds is 3. The number of carboxylic acid groups (broad SMARTS) is 1. The quantitative estimate of drug-likeness (QED) is 0.932. The van der Waals surface area contributed by atoms with Gasteiger partial charge >= 0.3 is 5.97 Å². The molecule has 0 fully saturated rings. The molecule has 0 saturated heterocycles. The minimum Gasteiger partial charge on any atom is -0.489 e. The van der Waals surface area contributed by atoms with Gasteiger partial charge in [-0.25, -0.2) is 0 Å². The molecule has 3 rings (SSSR count). The molecular weight excluding hydrogens is 254 g/mol. The number of fused-ring (bicyclic) bond motifs is 3. The van der Waals surface area contributed by atoms with Crippen LogP contribution in [-0.4, -0.2) is 30.3 Å². The number of anilines is 1. The Morgan fingerprint density at radius 3 is 2.95 bits per heavy atom. The average molecular weight is 271 g/mol. The summed E-state index contributed by atoms with van der Waals surface area (Å²) in [7, 11) is 0. The van der Waals surface area contributed by atoms with Crippen LogP contribution >= 0.6 is 0 Å². The summed E-state index contributed by atoms with van der Waals surface area (Å²) in [6.07, 6.45) is 0.132. The number of nitrogens with zero attached hydrogens (tertiary/aromatic N) is 1. The molecule has 0 radical (unpaired) electrons. The third-order valence-corrected chi connectivity index (χ3v) is 3.73. The maximum Gasteiger partial charge on any atom is 0.305 e. The van der Waals surface area contributed by atoms with Gasteiger partial charge in [-0.05, 0) is 18.4 Å². The van der Waals surface area contributed by atoms with Gasteiger partial charge in [-0.1, -0.05) is 30.3 Å². The van der Waals surface area contributed by atoms with Gasteiger partial charge in [0.1, 0.15) is 12.4 Å². The molecule has 4 heteroatoms. The van der Waals surface area contributed by atoms with Crippen molar-refractivity contribution in [2.75, 3.05) is 18.1 Å². The van der Waals surface area contributed by atoms with Crippen LogP contribution in [0.25, 0.3) is 10.8 Å². The highest BCUT2D eigenvalue weighted by Crippen LogP contribution is 2.40. The van der Waals surface area contributed by atoms with Crippen LogP contribution < -0.4 is 9.64 Å². The molecule has 104 valence electrons. The Labute approximate surface area is 117 Å². The summed E-state index contributed by atoms with van der Waals surface area (Å²) >= 11 is 0. The molecule has 2 aromatic carbocycles. The molecule has 0 bridgehead atoms. The number of aliphatic carboxylic acids is 1. The van der Waals surface area contributed by atoms with E-state index in [4.69, 9.17) is 9.84 Å². The summed E-state index contributed by atoms with van der Waals surface area (Å²) in [5, 5.41) is 11.2. The number of carbonyl (C=O) groups is 1. The van der Waals surface area contributed by atoms with E-state index >= 15 is 0 Å². The monoisotopic (exact) mass is 271 g/mol. The van der Waals surface area contributed by atoms with Crippen LogP contribution in [0.4, 0.5) is 5.69 Å². The van der Waals surface area contributed by atoms with Crippen LogP contribution in [0, 0.1) is 0 Å². The maximum absolute atomic E-state index is 10.9. The van der Waals surface area contributed by atoms with Gasteiger partial charge in [0.25, 0.3) is 0 Å². The van der Waals surface area contributed by atoms with Gasteiger partial charge in [0, 0.05) is 11.9 Å². The van der Waals surface area contributed by atoms with Gasteiger partial charge in [0.05, 0.1) is 18.2 Å². The normalized spacial score (nSPS) is 17.6. The third-order valence-electron chi connectivity index (χ3n) is 3.73. The summed E-state index contributed by atoms with van der Waals surface area (Å²) in [4.78, 5) is 13.0. The molecule has 0 amide bonds. The van der Waals surface area contributed by atoms with Gasteiger partial charge < -0.3 is 14.7 Å². The fourth-order valence-electron chi connectivity index (χ4n) is 2.72. The van der Waals surface area contributed by atoms with Crippen molar-refractivity contribution in [3.8, 4) is 5.75 Å². The molecule has 1 aliphatic heterocycles. The van der Waals surface area contributed by atoms with E-state index in [2.05, 4.69) is 24.0 Å². The molecule has 2 aromatic rings. The highest BCUT2D eigenvalue weighted by atomic mass is 16.5. The van der Waals surface area contributed by atoms with Gasteiger partial charge in [0.2, 0.25) is 0 Å². The molecular formula is C16H17NO3. The molecule has 1 unspecified atom stereocenters. The second-order valence-corrected chi connectivity index (χ2v) is 5.13. The summed E-state index contributed by atoms with van der Waals surface area (Å²) < 4.78 is 5.79. The van der Waals surface area contributed by atoms with Crippen molar-refractivity contribution in [3.63, 3.8) is 0 Å². The second kappa shape index (κ2) is 5.04. The fraction of sp³-hybridized carbons (Fsp3) is 0.312. The van der Waals surface area contributed by atoms with Crippen molar-refractivity contribution in [1.29, 1.82) is 0 Å². The minimum absolute atomic E-state index is 0.132. The van der Waals surface area contributed by atoms with E-state index in [-0.39, 0.29) is 12.5 Å². The average Bonchev–Trinajstić information content (AvgIpc) is 2.45. The molecule has 0 aromatic heterocycles. The molecule has 1 aliphatic rings. The van der Waals surface area contributed by atoms with Crippen molar-refractivity contribution in [2.45, 2.75) is 19.4 Å². The summed E-state index contributed by atoms with van der Waals surface area (Å²) in [5.74, 6) is 0.0673. The van der Waals surface area contributed by atoms with Crippen molar-refractivity contribution in [3.05, 3.63) is 36.4 Å². The molecule has 0 aliphatic carbocycles. The standard InChI is InChI=1S/C16H17NO3/c1-11-10-20-14-7-6-12-4-2-3-5-13(12)16(14)17(11)9-8-15(18)19/h2-7,11H,8-10H2,1H3,(H,18,19). The fourth-order valence-corrected chi connectivity index (χ4v) is 2.72. The Kier molecular flexibility index (Phi) is 3.22. The molecule has 0 spiro atoms. The van der Waals surface area contributed by atoms with Gasteiger partial charge in [-0.2, -0.15) is 0 Å². The third kappa shape index (κ3) is 2.18. The Morgan fingerprint density at radius 1 is 1.35 bits per heavy atom. The van der Waals surface area contributed by atoms with Gasteiger partial charge in [-0.15, -0.1) is 0 Å². The molecule has 4 nitrogen and oxygen atoms in total. The Bertz CT molecular complexity index is 653. The first-order chi connectivity index (χ1) is 9.66. The van der Waals surface area contributed by atoms with Crippen LogP contribution in [-0.2, 0) is 4.79 Å². The lowest BCUT2D eigenvalue weighted by Gasteiger charge is -2.37. The summed E-state index contributed by atoms with van der Waals surface area (Å²) in [6, 6.07) is 12.3. The van der Waals surface area contributed by atoms with Gasteiger partial charge in [-0.3, -0.25) is 4.79 Å². The van der Waals surface area contributed by atoms with Gasteiger partial charge in [0.15, 0.2) is 0 Å². The number of hydrogen-bond donors (Lipinski definition) is 1. The van der Waals surface area contributed by atoms with Crippen LogP contribution in [0.3, 0.4) is 0 Å². The maximum atomic E-state index is 10.9. The molecule has 0 saturated carbocycles. The van der Waals surface area contributed by atoms with Crippen molar-refractivity contribution < 1.29 is 14.6 Å². The number of hydrogen-bond acceptors (Lipinski definition) is 3. The molecule has 1 N–H and O–H groups in total. The number of benzene rings is 2. The largest absolute Gasteiger partial charge is 0.489 e. The SMILES string of the molecule is CC1COc2ccc3ccccc3c2N1CCC(=O)O. The number of ether oxygens (including phenoxy) is 1. The smallest absolute Gasteiger partial charge is 0.305 e. The van der Waals surface area contributed by atoms with E-state index in [1.807, 2.05) is 24.3 Å². The van der Waals surface area contributed by atoms with Crippen molar-refractivity contribution in [2.24, 2.45) is 0 Å². The first-order valence-corrected chi connectivity index (χ1v) is 6.80. The first kappa shape index (κ1) is 12.8. The Morgan fingerprint density at radius 2 is 2.15 bits per heavy atom. The Hall–Kier alpha value is -2.23. The second-order valence-electron chi connectivity index (χ2n) is 5.13. The van der Waals surface area contributed by atoms with Crippen LogP contribution in [0.5, 0.6) is 5.75 Å². The zero-order chi connectivity index (χ0) is 14.1. The lowest BCUT2D eigenvalue weighted by Crippen LogP contribution is -2.42. The van der Waals surface area contributed by atoms with Crippen molar-refractivity contribution in [1.82, 2.24) is 0 Å². The van der Waals surface area contributed by atoms with Crippen molar-refractivity contribution >= 4 is 22.4 Å².